The van der Waals surface area contributed by atoms with E-state index >= 15 is 0 Å². The standard InChI is InChI=1S/C13H15N3O/c1-2-10-4-3-5-11(8-10)17-9-13-15-7-6-12(14)16-13/h3-8H,2,9H2,1H3,(H2,14,15,16). The lowest BCUT2D eigenvalue weighted by molar-refractivity contribution is 0.295. The van der Waals surface area contributed by atoms with Gasteiger partial charge < -0.3 is 10.5 Å². The van der Waals surface area contributed by atoms with Gasteiger partial charge in [0.2, 0.25) is 0 Å². The van der Waals surface area contributed by atoms with Crippen LogP contribution in [0.15, 0.2) is 36.5 Å². The maximum absolute atomic E-state index is 5.61. The van der Waals surface area contributed by atoms with Crippen LogP contribution in [0.3, 0.4) is 0 Å². The number of nitrogens with zero attached hydrogens (tertiary/aromatic N) is 2. The number of hydrogen-bond donors (Lipinski definition) is 1. The zero-order valence-electron chi connectivity index (χ0n) is 9.76. The first-order valence-electron chi connectivity index (χ1n) is 5.57. The number of ether oxygens (including phenoxy) is 1. The number of rotatable bonds is 4. The molecule has 17 heavy (non-hydrogen) atoms. The van der Waals surface area contributed by atoms with Crippen LogP contribution in [0, 0.1) is 0 Å². The lowest BCUT2D eigenvalue weighted by Gasteiger charge is -2.06. The summed E-state index contributed by atoms with van der Waals surface area (Å²) in [5, 5.41) is 0. The fourth-order valence-corrected chi connectivity index (χ4v) is 1.49. The molecule has 1 heterocycles. The molecule has 2 rings (SSSR count). The van der Waals surface area contributed by atoms with Gasteiger partial charge in [-0.3, -0.25) is 0 Å². The van der Waals surface area contributed by atoms with Crippen LogP contribution in [0.2, 0.25) is 0 Å². The second-order valence-electron chi connectivity index (χ2n) is 3.69. The number of nitrogen functional groups attached to an aromatic ring is 1. The van der Waals surface area contributed by atoms with E-state index in [0.29, 0.717) is 18.2 Å². The summed E-state index contributed by atoms with van der Waals surface area (Å²) in [6.45, 7) is 2.44. The van der Waals surface area contributed by atoms with Crippen molar-refractivity contribution in [3.05, 3.63) is 47.9 Å². The van der Waals surface area contributed by atoms with Crippen LogP contribution in [-0.2, 0) is 13.0 Å². The number of hydrogen-bond acceptors (Lipinski definition) is 4. The normalized spacial score (nSPS) is 10.2. The molecular formula is C13H15N3O. The van der Waals surface area contributed by atoms with Crippen molar-refractivity contribution >= 4 is 5.82 Å². The molecule has 1 aromatic carbocycles. The van der Waals surface area contributed by atoms with Crippen molar-refractivity contribution in [2.45, 2.75) is 20.0 Å². The van der Waals surface area contributed by atoms with Crippen LogP contribution in [-0.4, -0.2) is 9.97 Å². The molecule has 0 saturated carbocycles. The summed E-state index contributed by atoms with van der Waals surface area (Å²) in [5.41, 5.74) is 6.81. The van der Waals surface area contributed by atoms with Crippen molar-refractivity contribution in [3.63, 3.8) is 0 Å². The van der Waals surface area contributed by atoms with Crippen molar-refractivity contribution in [2.75, 3.05) is 5.73 Å². The molecule has 0 radical (unpaired) electrons. The second-order valence-corrected chi connectivity index (χ2v) is 3.69. The second kappa shape index (κ2) is 5.30. The highest BCUT2D eigenvalue weighted by molar-refractivity contribution is 5.29. The smallest absolute Gasteiger partial charge is 0.168 e. The third-order valence-corrected chi connectivity index (χ3v) is 2.40. The first-order valence-corrected chi connectivity index (χ1v) is 5.57. The monoisotopic (exact) mass is 229 g/mol. The average Bonchev–Trinajstić information content (AvgIpc) is 2.37. The molecule has 1 aromatic heterocycles. The van der Waals surface area contributed by atoms with Crippen LogP contribution < -0.4 is 10.5 Å². The van der Waals surface area contributed by atoms with Crippen LogP contribution in [0.25, 0.3) is 0 Å². The molecule has 0 aliphatic carbocycles. The number of aryl methyl sites for hydroxylation is 1. The molecule has 0 fully saturated rings. The Labute approximate surface area is 100 Å². The van der Waals surface area contributed by atoms with Gasteiger partial charge in [-0.15, -0.1) is 0 Å². The Balaban J connectivity index is 2.02. The molecule has 88 valence electrons. The molecule has 4 nitrogen and oxygen atoms in total. The van der Waals surface area contributed by atoms with E-state index in [1.807, 2.05) is 18.2 Å². The van der Waals surface area contributed by atoms with E-state index in [2.05, 4.69) is 23.0 Å². The van der Waals surface area contributed by atoms with Gasteiger partial charge >= 0.3 is 0 Å². The SMILES string of the molecule is CCc1cccc(OCc2nccc(N)n2)c1. The van der Waals surface area contributed by atoms with Crippen LogP contribution >= 0.6 is 0 Å². The average molecular weight is 229 g/mol. The molecule has 0 atom stereocenters. The Morgan fingerprint density at radius 2 is 2.18 bits per heavy atom. The predicted molar refractivity (Wildman–Crippen MR) is 66.6 cm³/mol. The van der Waals surface area contributed by atoms with Gasteiger partial charge in [0.25, 0.3) is 0 Å². The Morgan fingerprint density at radius 3 is 2.94 bits per heavy atom. The minimum atomic E-state index is 0.332. The summed E-state index contributed by atoms with van der Waals surface area (Å²) in [7, 11) is 0. The van der Waals surface area contributed by atoms with Gasteiger partial charge in [-0.05, 0) is 30.2 Å². The first-order chi connectivity index (χ1) is 8.28. The molecule has 0 unspecified atom stereocenters. The molecule has 0 spiro atoms. The van der Waals surface area contributed by atoms with E-state index in [-0.39, 0.29) is 0 Å². The maximum Gasteiger partial charge on any atom is 0.168 e. The van der Waals surface area contributed by atoms with E-state index < -0.39 is 0 Å². The molecule has 0 aliphatic rings. The van der Waals surface area contributed by atoms with E-state index in [0.717, 1.165) is 12.2 Å². The highest BCUT2D eigenvalue weighted by atomic mass is 16.5. The third-order valence-electron chi connectivity index (χ3n) is 2.40. The Hall–Kier alpha value is -2.10. The summed E-state index contributed by atoms with van der Waals surface area (Å²) in [6, 6.07) is 9.65. The highest BCUT2D eigenvalue weighted by Gasteiger charge is 1.99. The maximum atomic E-state index is 5.61. The first kappa shape index (κ1) is 11.4. The van der Waals surface area contributed by atoms with Crippen molar-refractivity contribution in [2.24, 2.45) is 0 Å². The zero-order chi connectivity index (χ0) is 12.1. The Morgan fingerprint density at radius 1 is 1.29 bits per heavy atom. The van der Waals surface area contributed by atoms with Gasteiger partial charge in [0.1, 0.15) is 18.2 Å². The van der Waals surface area contributed by atoms with Crippen molar-refractivity contribution < 1.29 is 4.74 Å². The Bertz CT molecular complexity index is 500. The minimum absolute atomic E-state index is 0.332. The number of anilines is 1. The largest absolute Gasteiger partial charge is 0.486 e. The fraction of sp³-hybridized carbons (Fsp3) is 0.231. The van der Waals surface area contributed by atoms with Crippen LogP contribution in [0.1, 0.15) is 18.3 Å². The molecule has 0 aliphatic heterocycles. The quantitative estimate of drug-likeness (QED) is 0.873. The lowest BCUT2D eigenvalue weighted by atomic mass is 10.2. The molecule has 0 amide bonds. The Kier molecular flexibility index (Phi) is 3.55. The minimum Gasteiger partial charge on any atom is -0.486 e. The van der Waals surface area contributed by atoms with Gasteiger partial charge in [-0.1, -0.05) is 19.1 Å². The van der Waals surface area contributed by atoms with E-state index in [9.17, 15) is 0 Å². The van der Waals surface area contributed by atoms with Gasteiger partial charge in [0.05, 0.1) is 0 Å². The summed E-state index contributed by atoms with van der Waals surface area (Å²) in [4.78, 5) is 8.15. The van der Waals surface area contributed by atoms with Crippen LogP contribution in [0.5, 0.6) is 5.75 Å². The number of nitrogens with two attached hydrogens (primary N) is 1. The van der Waals surface area contributed by atoms with E-state index in [1.54, 1.807) is 12.3 Å². The molecular weight excluding hydrogens is 214 g/mol. The van der Waals surface area contributed by atoms with Gasteiger partial charge in [-0.25, -0.2) is 9.97 Å². The topological polar surface area (TPSA) is 61.0 Å². The zero-order valence-corrected chi connectivity index (χ0v) is 9.76. The number of benzene rings is 1. The molecule has 0 saturated heterocycles. The van der Waals surface area contributed by atoms with E-state index in [1.165, 1.54) is 5.56 Å². The van der Waals surface area contributed by atoms with Crippen molar-refractivity contribution in [1.82, 2.24) is 9.97 Å². The summed E-state index contributed by atoms with van der Waals surface area (Å²) in [5.74, 6) is 1.88. The summed E-state index contributed by atoms with van der Waals surface area (Å²) < 4.78 is 5.61. The highest BCUT2D eigenvalue weighted by Crippen LogP contribution is 2.14. The van der Waals surface area contributed by atoms with Crippen molar-refractivity contribution in [3.8, 4) is 5.75 Å². The summed E-state index contributed by atoms with van der Waals surface area (Å²) >= 11 is 0. The third kappa shape index (κ3) is 3.17. The molecule has 2 aromatic rings. The van der Waals surface area contributed by atoms with E-state index in [4.69, 9.17) is 10.5 Å². The molecule has 0 bridgehead atoms. The lowest BCUT2D eigenvalue weighted by Crippen LogP contribution is -2.03. The summed E-state index contributed by atoms with van der Waals surface area (Å²) in [6.07, 6.45) is 2.62. The van der Waals surface area contributed by atoms with Gasteiger partial charge in [-0.2, -0.15) is 0 Å². The van der Waals surface area contributed by atoms with Gasteiger partial charge in [0, 0.05) is 6.20 Å². The fourth-order valence-electron chi connectivity index (χ4n) is 1.49. The predicted octanol–water partition coefficient (Wildman–Crippen LogP) is 2.20. The molecule has 4 heteroatoms. The van der Waals surface area contributed by atoms with Crippen LogP contribution in [0.4, 0.5) is 5.82 Å². The molecule has 2 N–H and O–H groups in total. The van der Waals surface area contributed by atoms with Crippen molar-refractivity contribution in [1.29, 1.82) is 0 Å². The number of aromatic nitrogens is 2. The van der Waals surface area contributed by atoms with Gasteiger partial charge in [0.15, 0.2) is 5.82 Å².